The second-order valence-corrected chi connectivity index (χ2v) is 6.60. The predicted molar refractivity (Wildman–Crippen MR) is 100 cm³/mol. The molecule has 0 aliphatic carbocycles. The predicted octanol–water partition coefficient (Wildman–Crippen LogP) is 4.15. The molecule has 0 atom stereocenters. The molecule has 6 nitrogen and oxygen atoms in total. The molecular formula is C19H13BrFN3O3. The number of carbonyl (C=O) groups is 1. The SMILES string of the molecule is COC(=O)c1c(OCc2ccccc2)c2cc(F)cc(Br)c2c2ncnn12. The summed E-state index contributed by atoms with van der Waals surface area (Å²) in [5, 5.41) is 5.12. The Morgan fingerprint density at radius 2 is 2.04 bits per heavy atom. The number of rotatable bonds is 4. The Labute approximate surface area is 161 Å². The minimum atomic E-state index is -0.657. The topological polar surface area (TPSA) is 65.7 Å². The van der Waals surface area contributed by atoms with E-state index in [-0.39, 0.29) is 18.1 Å². The summed E-state index contributed by atoms with van der Waals surface area (Å²) in [6.07, 6.45) is 1.32. The van der Waals surface area contributed by atoms with Crippen LogP contribution in [-0.4, -0.2) is 27.7 Å². The molecule has 27 heavy (non-hydrogen) atoms. The lowest BCUT2D eigenvalue weighted by Gasteiger charge is -2.16. The van der Waals surface area contributed by atoms with Crippen LogP contribution >= 0.6 is 15.9 Å². The van der Waals surface area contributed by atoms with Gasteiger partial charge in [0.25, 0.3) is 0 Å². The number of nitrogens with zero attached hydrogens (tertiary/aromatic N) is 3. The molecule has 0 aliphatic heterocycles. The normalized spacial score (nSPS) is 11.1. The van der Waals surface area contributed by atoms with Gasteiger partial charge in [-0.05, 0) is 33.6 Å². The number of pyridine rings is 1. The zero-order valence-corrected chi connectivity index (χ0v) is 15.7. The van der Waals surface area contributed by atoms with Crippen LogP contribution in [0.5, 0.6) is 5.75 Å². The Kier molecular flexibility index (Phi) is 4.49. The number of hydrogen-bond donors (Lipinski definition) is 0. The highest BCUT2D eigenvalue weighted by atomic mass is 79.9. The quantitative estimate of drug-likeness (QED) is 0.456. The molecular weight excluding hydrogens is 417 g/mol. The Bertz CT molecular complexity index is 1160. The average Bonchev–Trinajstić information content (AvgIpc) is 3.14. The van der Waals surface area contributed by atoms with Crippen molar-refractivity contribution in [3.63, 3.8) is 0 Å². The Balaban J connectivity index is 2.01. The van der Waals surface area contributed by atoms with E-state index in [1.165, 1.54) is 30.1 Å². The first-order chi connectivity index (χ1) is 13.1. The summed E-state index contributed by atoms with van der Waals surface area (Å²) >= 11 is 3.37. The van der Waals surface area contributed by atoms with Gasteiger partial charge in [-0.1, -0.05) is 30.3 Å². The van der Waals surface area contributed by atoms with Crippen molar-refractivity contribution < 1.29 is 18.7 Å². The average molecular weight is 430 g/mol. The minimum Gasteiger partial charge on any atom is -0.486 e. The summed E-state index contributed by atoms with van der Waals surface area (Å²) in [7, 11) is 1.26. The molecule has 2 aromatic carbocycles. The first-order valence-electron chi connectivity index (χ1n) is 7.99. The van der Waals surface area contributed by atoms with Gasteiger partial charge >= 0.3 is 5.97 Å². The number of hydrogen-bond acceptors (Lipinski definition) is 5. The number of methoxy groups -OCH3 is 1. The molecule has 4 aromatic rings. The zero-order chi connectivity index (χ0) is 19.0. The molecule has 2 aromatic heterocycles. The number of carbonyl (C=O) groups excluding carboxylic acids is 1. The fourth-order valence-corrected chi connectivity index (χ4v) is 3.54. The summed E-state index contributed by atoms with van der Waals surface area (Å²) in [5.74, 6) is -0.951. The highest BCUT2D eigenvalue weighted by Gasteiger charge is 2.25. The summed E-state index contributed by atoms with van der Waals surface area (Å²) in [6, 6.07) is 12.1. The van der Waals surface area contributed by atoms with Gasteiger partial charge in [-0.2, -0.15) is 5.10 Å². The van der Waals surface area contributed by atoms with E-state index in [0.717, 1.165) is 5.56 Å². The molecule has 0 spiro atoms. The van der Waals surface area contributed by atoms with Crippen LogP contribution in [0.25, 0.3) is 16.4 Å². The van der Waals surface area contributed by atoms with E-state index < -0.39 is 11.8 Å². The van der Waals surface area contributed by atoms with E-state index in [1.807, 2.05) is 30.3 Å². The summed E-state index contributed by atoms with van der Waals surface area (Å²) in [6.45, 7) is 0.189. The third kappa shape index (κ3) is 3.02. The first kappa shape index (κ1) is 17.4. The maximum absolute atomic E-state index is 14.1. The van der Waals surface area contributed by atoms with Gasteiger partial charge < -0.3 is 9.47 Å². The molecule has 0 amide bonds. The van der Waals surface area contributed by atoms with Gasteiger partial charge in [0, 0.05) is 15.2 Å². The fourth-order valence-electron chi connectivity index (χ4n) is 2.93. The lowest BCUT2D eigenvalue weighted by Crippen LogP contribution is -2.13. The highest BCUT2D eigenvalue weighted by molar-refractivity contribution is 9.10. The zero-order valence-electron chi connectivity index (χ0n) is 14.1. The number of fused-ring (bicyclic) bond motifs is 3. The lowest BCUT2D eigenvalue weighted by atomic mass is 10.1. The number of ether oxygens (including phenoxy) is 2. The van der Waals surface area contributed by atoms with Crippen molar-refractivity contribution in [1.29, 1.82) is 0 Å². The Morgan fingerprint density at radius 1 is 1.26 bits per heavy atom. The molecule has 0 fully saturated rings. The van der Waals surface area contributed by atoms with Crippen LogP contribution in [-0.2, 0) is 11.3 Å². The van der Waals surface area contributed by atoms with Gasteiger partial charge in [-0.25, -0.2) is 18.7 Å². The van der Waals surface area contributed by atoms with Crippen molar-refractivity contribution in [3.8, 4) is 5.75 Å². The van der Waals surface area contributed by atoms with Gasteiger partial charge in [0.05, 0.1) is 7.11 Å². The molecule has 0 N–H and O–H groups in total. The van der Waals surface area contributed by atoms with E-state index >= 15 is 0 Å². The van der Waals surface area contributed by atoms with Crippen molar-refractivity contribution in [1.82, 2.24) is 14.6 Å². The summed E-state index contributed by atoms with van der Waals surface area (Å²) in [5.41, 5.74) is 1.34. The van der Waals surface area contributed by atoms with Gasteiger partial charge in [0.2, 0.25) is 0 Å². The maximum Gasteiger partial charge on any atom is 0.360 e. The van der Waals surface area contributed by atoms with Gasteiger partial charge in [-0.15, -0.1) is 0 Å². The minimum absolute atomic E-state index is 0.0472. The Morgan fingerprint density at radius 3 is 2.78 bits per heavy atom. The standard InChI is InChI=1S/C19H13BrFN3O3/c1-26-19(25)16-17(27-9-11-5-3-2-4-6-11)13-7-12(21)8-14(20)15(13)18-22-10-23-24(16)18/h2-8,10H,9H2,1H3. The van der Waals surface area contributed by atoms with Crippen molar-refractivity contribution in [2.24, 2.45) is 0 Å². The third-order valence-electron chi connectivity index (χ3n) is 4.10. The van der Waals surface area contributed by atoms with Crippen LogP contribution in [0.3, 0.4) is 0 Å². The monoisotopic (exact) mass is 429 g/mol. The maximum atomic E-state index is 14.1. The van der Waals surface area contributed by atoms with Crippen molar-refractivity contribution in [2.45, 2.75) is 6.61 Å². The van der Waals surface area contributed by atoms with Gasteiger partial charge in [0.15, 0.2) is 17.1 Å². The van der Waals surface area contributed by atoms with Crippen LogP contribution in [0, 0.1) is 5.82 Å². The van der Waals surface area contributed by atoms with E-state index in [2.05, 4.69) is 26.0 Å². The molecule has 0 saturated heterocycles. The number of halogens is 2. The molecule has 0 bridgehead atoms. The molecule has 2 heterocycles. The van der Waals surface area contributed by atoms with Gasteiger partial charge in [0.1, 0.15) is 18.8 Å². The van der Waals surface area contributed by atoms with E-state index in [9.17, 15) is 9.18 Å². The molecule has 136 valence electrons. The van der Waals surface area contributed by atoms with Crippen molar-refractivity contribution in [2.75, 3.05) is 7.11 Å². The fraction of sp³-hybridized carbons (Fsp3) is 0.105. The first-order valence-corrected chi connectivity index (χ1v) is 8.79. The molecule has 0 aliphatic rings. The van der Waals surface area contributed by atoms with Crippen LogP contribution < -0.4 is 4.74 Å². The van der Waals surface area contributed by atoms with Crippen LogP contribution in [0.15, 0.2) is 53.3 Å². The molecule has 0 saturated carbocycles. The molecule has 0 radical (unpaired) electrons. The summed E-state index contributed by atoms with van der Waals surface area (Å²) in [4.78, 5) is 16.7. The number of benzene rings is 2. The van der Waals surface area contributed by atoms with Gasteiger partial charge in [-0.3, -0.25) is 0 Å². The van der Waals surface area contributed by atoms with Crippen molar-refractivity contribution in [3.05, 3.63) is 70.3 Å². The smallest absolute Gasteiger partial charge is 0.360 e. The van der Waals surface area contributed by atoms with E-state index in [0.29, 0.717) is 20.9 Å². The van der Waals surface area contributed by atoms with Crippen molar-refractivity contribution >= 4 is 38.3 Å². The molecule has 8 heteroatoms. The number of esters is 1. The molecule has 4 rings (SSSR count). The summed E-state index contributed by atoms with van der Waals surface area (Å²) < 4.78 is 26.8. The highest BCUT2D eigenvalue weighted by Crippen LogP contribution is 2.37. The largest absolute Gasteiger partial charge is 0.486 e. The second-order valence-electron chi connectivity index (χ2n) is 5.75. The van der Waals surface area contributed by atoms with E-state index in [4.69, 9.17) is 9.47 Å². The second kappa shape index (κ2) is 6.96. The Hall–Kier alpha value is -3.00. The third-order valence-corrected chi connectivity index (χ3v) is 4.73. The van der Waals surface area contributed by atoms with Crippen LogP contribution in [0.2, 0.25) is 0 Å². The number of aromatic nitrogens is 3. The molecule has 0 unspecified atom stereocenters. The lowest BCUT2D eigenvalue weighted by molar-refractivity contribution is 0.0585. The van der Waals surface area contributed by atoms with Crippen LogP contribution in [0.1, 0.15) is 16.1 Å². The van der Waals surface area contributed by atoms with E-state index in [1.54, 1.807) is 0 Å². The van der Waals surface area contributed by atoms with Crippen LogP contribution in [0.4, 0.5) is 4.39 Å².